The number of piperazine rings is 1. The van der Waals surface area contributed by atoms with Crippen LogP contribution in [-0.4, -0.2) is 50.3 Å². The van der Waals surface area contributed by atoms with Crippen LogP contribution in [0.3, 0.4) is 0 Å². The average molecular weight is 296 g/mol. The first-order chi connectivity index (χ1) is 9.50. The molecule has 0 spiro atoms. The Bertz CT molecular complexity index is 506. The molecule has 4 nitrogen and oxygen atoms in total. The molecule has 1 aromatic rings. The van der Waals surface area contributed by atoms with Crippen LogP contribution < -0.4 is 0 Å². The lowest BCUT2D eigenvalue weighted by atomic mass is 10.1. The SMILES string of the molecule is CC(C)CCN1CCN(S(=O)(=O)c2ccccc2)CC1. The minimum atomic E-state index is -3.31. The van der Waals surface area contributed by atoms with E-state index in [2.05, 4.69) is 18.7 Å². The van der Waals surface area contributed by atoms with Gasteiger partial charge in [-0.25, -0.2) is 8.42 Å². The molecule has 2 rings (SSSR count). The Kier molecular flexibility index (Phi) is 5.18. The van der Waals surface area contributed by atoms with Crippen molar-refractivity contribution in [1.82, 2.24) is 9.21 Å². The first kappa shape index (κ1) is 15.5. The van der Waals surface area contributed by atoms with Gasteiger partial charge in [0.05, 0.1) is 4.90 Å². The molecule has 0 aliphatic carbocycles. The van der Waals surface area contributed by atoms with Crippen molar-refractivity contribution in [1.29, 1.82) is 0 Å². The van der Waals surface area contributed by atoms with Gasteiger partial charge in [-0.05, 0) is 31.0 Å². The number of rotatable bonds is 5. The van der Waals surface area contributed by atoms with E-state index in [0.717, 1.165) is 19.6 Å². The van der Waals surface area contributed by atoms with Crippen LogP contribution in [0.2, 0.25) is 0 Å². The summed E-state index contributed by atoms with van der Waals surface area (Å²) in [6.45, 7) is 8.35. The molecule has 0 bridgehead atoms. The van der Waals surface area contributed by atoms with Crippen molar-refractivity contribution in [3.8, 4) is 0 Å². The molecule has 1 aromatic carbocycles. The fourth-order valence-electron chi connectivity index (χ4n) is 2.38. The fourth-order valence-corrected chi connectivity index (χ4v) is 3.82. The highest BCUT2D eigenvalue weighted by Gasteiger charge is 2.27. The monoisotopic (exact) mass is 296 g/mol. The van der Waals surface area contributed by atoms with Crippen molar-refractivity contribution in [3.63, 3.8) is 0 Å². The normalized spacial score (nSPS) is 18.6. The summed E-state index contributed by atoms with van der Waals surface area (Å²) < 4.78 is 26.5. The summed E-state index contributed by atoms with van der Waals surface area (Å²) in [6.07, 6.45) is 1.17. The van der Waals surface area contributed by atoms with Gasteiger partial charge in [0.1, 0.15) is 0 Å². The van der Waals surface area contributed by atoms with Gasteiger partial charge in [0.25, 0.3) is 0 Å². The van der Waals surface area contributed by atoms with Gasteiger partial charge in [0.2, 0.25) is 10.0 Å². The highest BCUT2D eigenvalue weighted by atomic mass is 32.2. The predicted molar refractivity (Wildman–Crippen MR) is 81.1 cm³/mol. The number of sulfonamides is 1. The molecule has 1 heterocycles. The minimum absolute atomic E-state index is 0.399. The zero-order valence-electron chi connectivity index (χ0n) is 12.3. The molecule has 0 amide bonds. The van der Waals surface area contributed by atoms with Crippen molar-refractivity contribution in [3.05, 3.63) is 30.3 Å². The molecule has 1 saturated heterocycles. The van der Waals surface area contributed by atoms with Gasteiger partial charge in [-0.3, -0.25) is 0 Å². The first-order valence-electron chi connectivity index (χ1n) is 7.27. The van der Waals surface area contributed by atoms with Crippen LogP contribution in [0.25, 0.3) is 0 Å². The molecular formula is C15H24N2O2S. The lowest BCUT2D eigenvalue weighted by Crippen LogP contribution is -2.48. The number of hydrogen-bond acceptors (Lipinski definition) is 3. The Labute approximate surface area is 122 Å². The quantitative estimate of drug-likeness (QED) is 0.835. The van der Waals surface area contributed by atoms with E-state index < -0.39 is 10.0 Å². The van der Waals surface area contributed by atoms with Gasteiger partial charge in [0.15, 0.2) is 0 Å². The lowest BCUT2D eigenvalue weighted by Gasteiger charge is -2.34. The fraction of sp³-hybridized carbons (Fsp3) is 0.600. The Balaban J connectivity index is 1.94. The van der Waals surface area contributed by atoms with E-state index in [9.17, 15) is 8.42 Å². The van der Waals surface area contributed by atoms with E-state index in [1.807, 2.05) is 6.07 Å². The van der Waals surface area contributed by atoms with Gasteiger partial charge in [-0.2, -0.15) is 4.31 Å². The van der Waals surface area contributed by atoms with Crippen molar-refractivity contribution >= 4 is 10.0 Å². The van der Waals surface area contributed by atoms with Crippen LogP contribution in [0, 0.1) is 5.92 Å². The molecule has 0 atom stereocenters. The number of benzene rings is 1. The van der Waals surface area contributed by atoms with Crippen molar-refractivity contribution in [2.45, 2.75) is 25.2 Å². The van der Waals surface area contributed by atoms with E-state index in [1.165, 1.54) is 6.42 Å². The maximum Gasteiger partial charge on any atom is 0.243 e. The van der Waals surface area contributed by atoms with Crippen LogP contribution in [0.1, 0.15) is 20.3 Å². The van der Waals surface area contributed by atoms with Gasteiger partial charge >= 0.3 is 0 Å². The van der Waals surface area contributed by atoms with E-state index in [0.29, 0.717) is 23.9 Å². The summed E-state index contributed by atoms with van der Waals surface area (Å²) >= 11 is 0. The summed E-state index contributed by atoms with van der Waals surface area (Å²) in [6, 6.07) is 8.71. The average Bonchev–Trinajstić information content (AvgIpc) is 2.46. The molecule has 0 radical (unpaired) electrons. The second kappa shape index (κ2) is 6.70. The van der Waals surface area contributed by atoms with Gasteiger partial charge in [0, 0.05) is 26.2 Å². The molecule has 112 valence electrons. The summed E-state index contributed by atoms with van der Waals surface area (Å²) in [5.74, 6) is 0.695. The maximum absolute atomic E-state index is 12.5. The Hall–Kier alpha value is -0.910. The zero-order chi connectivity index (χ0) is 14.6. The van der Waals surface area contributed by atoms with Crippen molar-refractivity contribution in [2.24, 2.45) is 5.92 Å². The van der Waals surface area contributed by atoms with Crippen LogP contribution in [0.15, 0.2) is 35.2 Å². The van der Waals surface area contributed by atoms with Crippen LogP contribution in [0.4, 0.5) is 0 Å². The molecular weight excluding hydrogens is 272 g/mol. The van der Waals surface area contributed by atoms with Crippen LogP contribution >= 0.6 is 0 Å². The second-order valence-corrected chi connectivity index (χ2v) is 7.68. The summed E-state index contributed by atoms with van der Waals surface area (Å²) in [7, 11) is -3.31. The van der Waals surface area contributed by atoms with Crippen molar-refractivity contribution in [2.75, 3.05) is 32.7 Å². The summed E-state index contributed by atoms with van der Waals surface area (Å²) in [5.41, 5.74) is 0. The Morgan fingerprint density at radius 2 is 1.65 bits per heavy atom. The highest BCUT2D eigenvalue weighted by Crippen LogP contribution is 2.17. The van der Waals surface area contributed by atoms with Crippen LogP contribution in [-0.2, 0) is 10.0 Å². The van der Waals surface area contributed by atoms with E-state index >= 15 is 0 Å². The minimum Gasteiger partial charge on any atom is -0.301 e. The topological polar surface area (TPSA) is 40.6 Å². The van der Waals surface area contributed by atoms with Gasteiger partial charge < -0.3 is 4.90 Å². The third-order valence-corrected chi connectivity index (χ3v) is 5.65. The number of hydrogen-bond donors (Lipinski definition) is 0. The summed E-state index contributed by atoms with van der Waals surface area (Å²) in [5, 5.41) is 0. The smallest absolute Gasteiger partial charge is 0.243 e. The molecule has 20 heavy (non-hydrogen) atoms. The third-order valence-electron chi connectivity index (χ3n) is 3.73. The first-order valence-corrected chi connectivity index (χ1v) is 8.71. The molecule has 1 fully saturated rings. The number of nitrogens with zero attached hydrogens (tertiary/aromatic N) is 2. The zero-order valence-corrected chi connectivity index (χ0v) is 13.1. The molecule has 0 N–H and O–H groups in total. The molecule has 1 aliphatic rings. The molecule has 0 unspecified atom stereocenters. The van der Waals surface area contributed by atoms with E-state index in [-0.39, 0.29) is 0 Å². The van der Waals surface area contributed by atoms with E-state index in [1.54, 1.807) is 28.6 Å². The standard InChI is InChI=1S/C15H24N2O2S/c1-14(2)8-9-16-10-12-17(13-11-16)20(18,19)15-6-4-3-5-7-15/h3-7,14H,8-13H2,1-2H3. The van der Waals surface area contributed by atoms with Gasteiger partial charge in [-0.15, -0.1) is 0 Å². The largest absolute Gasteiger partial charge is 0.301 e. The van der Waals surface area contributed by atoms with Crippen LogP contribution in [0.5, 0.6) is 0 Å². The lowest BCUT2D eigenvalue weighted by molar-refractivity contribution is 0.180. The Morgan fingerprint density at radius 1 is 1.05 bits per heavy atom. The molecule has 5 heteroatoms. The highest BCUT2D eigenvalue weighted by molar-refractivity contribution is 7.89. The van der Waals surface area contributed by atoms with Gasteiger partial charge in [-0.1, -0.05) is 32.0 Å². The Morgan fingerprint density at radius 3 is 2.20 bits per heavy atom. The molecule has 1 aliphatic heterocycles. The maximum atomic E-state index is 12.5. The second-order valence-electron chi connectivity index (χ2n) is 5.74. The summed E-state index contributed by atoms with van der Waals surface area (Å²) in [4.78, 5) is 2.76. The third kappa shape index (κ3) is 3.81. The molecule has 0 saturated carbocycles. The molecule has 0 aromatic heterocycles. The van der Waals surface area contributed by atoms with Crippen molar-refractivity contribution < 1.29 is 8.42 Å². The predicted octanol–water partition coefficient (Wildman–Crippen LogP) is 2.04. The van der Waals surface area contributed by atoms with E-state index in [4.69, 9.17) is 0 Å².